The summed E-state index contributed by atoms with van der Waals surface area (Å²) in [5.41, 5.74) is 2.33. The second kappa shape index (κ2) is 9.44. The first kappa shape index (κ1) is 20.2. The Kier molecular flexibility index (Phi) is 8.28. The molecule has 1 aliphatic carbocycles. The molecule has 1 aliphatic rings. The second-order valence-corrected chi connectivity index (χ2v) is 7.70. The van der Waals surface area contributed by atoms with Crippen LogP contribution in [0.3, 0.4) is 0 Å². The van der Waals surface area contributed by atoms with Crippen molar-refractivity contribution in [2.45, 2.75) is 78.4 Å². The molecule has 0 fully saturated rings. The molecule has 0 spiro atoms. The summed E-state index contributed by atoms with van der Waals surface area (Å²) in [5.74, 6) is 1.16. The lowest BCUT2D eigenvalue weighted by Crippen LogP contribution is -2.24. The maximum atomic E-state index is 10.2. The zero-order valence-corrected chi connectivity index (χ0v) is 15.9. The first-order chi connectivity index (χ1) is 10.8. The summed E-state index contributed by atoms with van der Waals surface area (Å²) in [5, 5.41) is 10.2. The molecule has 0 aliphatic heterocycles. The molecule has 23 heavy (non-hydrogen) atoms. The van der Waals surface area contributed by atoms with Crippen LogP contribution in [-0.4, -0.2) is 23.9 Å². The van der Waals surface area contributed by atoms with E-state index in [1.807, 2.05) is 6.08 Å². The predicted octanol–water partition coefficient (Wildman–Crippen LogP) is 5.44. The third-order valence-corrected chi connectivity index (χ3v) is 5.03. The molecule has 3 atom stereocenters. The highest BCUT2D eigenvalue weighted by Crippen LogP contribution is 2.26. The van der Waals surface area contributed by atoms with Gasteiger partial charge in [-0.05, 0) is 64.7 Å². The van der Waals surface area contributed by atoms with Gasteiger partial charge < -0.3 is 9.84 Å². The molecular formula is C21H36O2. The van der Waals surface area contributed by atoms with Crippen molar-refractivity contribution in [2.24, 2.45) is 11.8 Å². The lowest BCUT2D eigenvalue weighted by Gasteiger charge is -2.26. The largest absolute Gasteiger partial charge is 0.389 e. The van der Waals surface area contributed by atoms with Crippen molar-refractivity contribution in [3.8, 4) is 0 Å². The Bertz CT molecular complexity index is 445. The number of hydrogen-bond donors (Lipinski definition) is 1. The fraction of sp³-hybridized carbons (Fsp3) is 0.714. The normalized spacial score (nSPS) is 37.4. The molecule has 0 amide bonds. The highest BCUT2D eigenvalue weighted by atomic mass is 16.5. The van der Waals surface area contributed by atoms with Crippen molar-refractivity contribution in [3.63, 3.8) is 0 Å². The number of allylic oxidation sites excluding steroid dienone is 3. The minimum absolute atomic E-state index is 0.211. The van der Waals surface area contributed by atoms with Gasteiger partial charge in [-0.3, -0.25) is 0 Å². The van der Waals surface area contributed by atoms with Gasteiger partial charge in [-0.25, -0.2) is 0 Å². The number of rotatable bonds is 2. The zero-order chi connectivity index (χ0) is 17.5. The molecule has 1 rings (SSSR count). The maximum Gasteiger partial charge on any atom is 0.0833 e. The van der Waals surface area contributed by atoms with Crippen molar-refractivity contribution in [1.29, 1.82) is 0 Å². The number of hydrogen-bond acceptors (Lipinski definition) is 2. The van der Waals surface area contributed by atoms with E-state index in [-0.39, 0.29) is 11.7 Å². The molecular weight excluding hydrogens is 284 g/mol. The second-order valence-electron chi connectivity index (χ2n) is 7.70. The summed E-state index contributed by atoms with van der Waals surface area (Å²) < 4.78 is 5.77. The van der Waals surface area contributed by atoms with E-state index in [9.17, 15) is 5.11 Å². The van der Waals surface area contributed by atoms with Crippen molar-refractivity contribution in [3.05, 3.63) is 35.5 Å². The van der Waals surface area contributed by atoms with Crippen molar-refractivity contribution < 1.29 is 9.84 Å². The lowest BCUT2D eigenvalue weighted by molar-refractivity contribution is 0.0415. The van der Waals surface area contributed by atoms with Crippen molar-refractivity contribution in [2.75, 3.05) is 7.11 Å². The van der Waals surface area contributed by atoms with Crippen LogP contribution < -0.4 is 0 Å². The van der Waals surface area contributed by atoms with Crippen LogP contribution in [0.15, 0.2) is 35.5 Å². The molecule has 132 valence electrons. The van der Waals surface area contributed by atoms with Crippen LogP contribution >= 0.6 is 0 Å². The smallest absolute Gasteiger partial charge is 0.0833 e. The molecule has 2 heteroatoms. The lowest BCUT2D eigenvalue weighted by atomic mass is 9.86. The number of ether oxygens (including phenoxy) is 1. The minimum atomic E-state index is -0.365. The average Bonchev–Trinajstić information content (AvgIpc) is 2.45. The standard InChI is InChI=1S/C21H36O2/c1-16(2)19-10-9-18(4)15-20(22)14-17(3)8-7-12-21(5,23-6)13-11-19/h8,11,13,15-16,19-20,22H,7,9-10,12,14H2,1-6H3/b13-11+,17-8+,18-15+/t19?,20-,21-/m1/s1. The van der Waals surface area contributed by atoms with E-state index in [0.717, 1.165) is 32.1 Å². The molecule has 0 heterocycles. The molecule has 0 aromatic heterocycles. The summed E-state index contributed by atoms with van der Waals surface area (Å²) in [4.78, 5) is 0. The summed E-state index contributed by atoms with van der Waals surface area (Å²) >= 11 is 0. The summed E-state index contributed by atoms with van der Waals surface area (Å²) in [6, 6.07) is 0. The van der Waals surface area contributed by atoms with Gasteiger partial charge in [-0.2, -0.15) is 0 Å². The van der Waals surface area contributed by atoms with Crippen LogP contribution in [0.4, 0.5) is 0 Å². The molecule has 0 aromatic carbocycles. The fourth-order valence-corrected chi connectivity index (χ4v) is 3.12. The van der Waals surface area contributed by atoms with Gasteiger partial charge in [0.15, 0.2) is 0 Å². The molecule has 0 radical (unpaired) electrons. The first-order valence-electron chi connectivity index (χ1n) is 9.01. The first-order valence-corrected chi connectivity index (χ1v) is 9.01. The Morgan fingerprint density at radius 1 is 1.26 bits per heavy atom. The van der Waals surface area contributed by atoms with E-state index in [1.54, 1.807) is 7.11 Å². The Morgan fingerprint density at radius 2 is 1.96 bits per heavy atom. The highest BCUT2D eigenvalue weighted by molar-refractivity contribution is 5.11. The van der Waals surface area contributed by atoms with E-state index in [1.165, 1.54) is 11.1 Å². The predicted molar refractivity (Wildman–Crippen MR) is 99.5 cm³/mol. The third kappa shape index (κ3) is 7.50. The molecule has 0 aromatic rings. The average molecular weight is 321 g/mol. The fourth-order valence-electron chi connectivity index (χ4n) is 3.12. The Balaban J connectivity index is 3.01. The van der Waals surface area contributed by atoms with E-state index in [4.69, 9.17) is 4.74 Å². The molecule has 0 saturated carbocycles. The number of methoxy groups -OCH3 is 1. The highest BCUT2D eigenvalue weighted by Gasteiger charge is 2.20. The van der Waals surface area contributed by atoms with Gasteiger partial charge in [0, 0.05) is 7.11 Å². The Morgan fingerprint density at radius 3 is 2.57 bits per heavy atom. The van der Waals surface area contributed by atoms with Crippen LogP contribution in [0.25, 0.3) is 0 Å². The summed E-state index contributed by atoms with van der Waals surface area (Å²) in [7, 11) is 1.80. The number of aliphatic hydroxyl groups is 1. The van der Waals surface area contributed by atoms with Gasteiger partial charge in [0.25, 0.3) is 0 Å². The zero-order valence-electron chi connectivity index (χ0n) is 15.9. The van der Waals surface area contributed by atoms with Gasteiger partial charge in [0.1, 0.15) is 0 Å². The van der Waals surface area contributed by atoms with Crippen LogP contribution in [0, 0.1) is 11.8 Å². The Hall–Kier alpha value is -0.860. The van der Waals surface area contributed by atoms with Gasteiger partial charge >= 0.3 is 0 Å². The van der Waals surface area contributed by atoms with Gasteiger partial charge in [0.05, 0.1) is 11.7 Å². The molecule has 1 unspecified atom stereocenters. The molecule has 0 bridgehead atoms. The van der Waals surface area contributed by atoms with Gasteiger partial charge in [-0.15, -0.1) is 0 Å². The molecule has 1 N–H and O–H groups in total. The Labute approximate surface area is 143 Å². The monoisotopic (exact) mass is 320 g/mol. The van der Waals surface area contributed by atoms with Crippen LogP contribution in [0.5, 0.6) is 0 Å². The van der Waals surface area contributed by atoms with Gasteiger partial charge in [-0.1, -0.05) is 49.3 Å². The van der Waals surface area contributed by atoms with Crippen LogP contribution in [0.2, 0.25) is 0 Å². The van der Waals surface area contributed by atoms with Crippen LogP contribution in [-0.2, 0) is 4.74 Å². The van der Waals surface area contributed by atoms with E-state index in [0.29, 0.717) is 11.8 Å². The third-order valence-electron chi connectivity index (χ3n) is 5.03. The van der Waals surface area contributed by atoms with E-state index < -0.39 is 0 Å². The van der Waals surface area contributed by atoms with Crippen molar-refractivity contribution >= 4 is 0 Å². The SMILES string of the molecule is CO[C@@]1(C)/C=C/C(C(C)C)CC/C(C)=C/[C@H](O)C/C(C)=C/CC1. The maximum absolute atomic E-state index is 10.2. The van der Waals surface area contributed by atoms with Crippen LogP contribution in [0.1, 0.15) is 66.7 Å². The summed E-state index contributed by atoms with van der Waals surface area (Å²) in [6.07, 6.45) is 13.3. The summed E-state index contributed by atoms with van der Waals surface area (Å²) in [6.45, 7) is 11.0. The van der Waals surface area contributed by atoms with E-state index >= 15 is 0 Å². The molecule has 0 saturated heterocycles. The van der Waals surface area contributed by atoms with E-state index in [2.05, 4.69) is 52.8 Å². The topological polar surface area (TPSA) is 29.5 Å². The molecule has 2 nitrogen and oxygen atoms in total. The minimum Gasteiger partial charge on any atom is -0.389 e. The van der Waals surface area contributed by atoms with Crippen molar-refractivity contribution in [1.82, 2.24) is 0 Å². The quantitative estimate of drug-likeness (QED) is 0.687. The number of aliphatic hydroxyl groups excluding tert-OH is 1. The van der Waals surface area contributed by atoms with Gasteiger partial charge in [0.2, 0.25) is 0 Å².